The van der Waals surface area contributed by atoms with Gasteiger partial charge in [-0.15, -0.1) is 0 Å². The van der Waals surface area contributed by atoms with Crippen LogP contribution in [0.4, 0.5) is 36.4 Å². The molecule has 1 atom stereocenters. The first kappa shape index (κ1) is 39.2. The number of hydrogen-bond acceptors (Lipinski definition) is 12. The second-order valence-electron chi connectivity index (χ2n) is 11.9. The molecule has 1 heterocycles. The topological polar surface area (TPSA) is 231 Å². The van der Waals surface area contributed by atoms with Crippen molar-refractivity contribution in [2.75, 3.05) is 35.4 Å². The lowest BCUT2D eigenvalue weighted by Crippen LogP contribution is -2.50. The number of amides is 3. The number of aliphatic carboxylic acids is 1. The molecule has 4 aromatic rings. The van der Waals surface area contributed by atoms with Gasteiger partial charge in [-0.2, -0.15) is 28.1 Å². The first-order valence-corrected chi connectivity index (χ1v) is 18.0. The van der Waals surface area contributed by atoms with Crippen LogP contribution in [0, 0.1) is 0 Å². The number of alkyl halides is 3. The summed E-state index contributed by atoms with van der Waals surface area (Å²) in [6, 6.07) is 15.2. The van der Waals surface area contributed by atoms with Gasteiger partial charge in [0.05, 0.1) is 10.4 Å². The van der Waals surface area contributed by atoms with Crippen molar-refractivity contribution in [2.24, 2.45) is 0 Å². The highest BCUT2D eigenvalue weighted by Crippen LogP contribution is 2.48. The van der Waals surface area contributed by atoms with Crippen molar-refractivity contribution in [1.29, 1.82) is 0 Å². The minimum atomic E-state index is -4.67. The van der Waals surface area contributed by atoms with E-state index < -0.39 is 70.4 Å². The van der Waals surface area contributed by atoms with Crippen LogP contribution < -0.4 is 31.3 Å². The largest absolute Gasteiger partial charge is 0.480 e. The van der Waals surface area contributed by atoms with E-state index in [0.29, 0.717) is 17.9 Å². The fourth-order valence-corrected chi connectivity index (χ4v) is 5.61. The number of anilines is 4. The number of carbonyl (C=O) groups is 4. The Kier molecular flexibility index (Phi) is 11.6. The summed E-state index contributed by atoms with van der Waals surface area (Å²) in [5.74, 6) is -5.13. The third-order valence-corrected chi connectivity index (χ3v) is 9.04. The molecule has 1 aromatic heterocycles. The molecule has 1 saturated carbocycles. The highest BCUT2D eigenvalue weighted by Gasteiger charge is 2.45. The molecule has 284 valence electrons. The van der Waals surface area contributed by atoms with Crippen LogP contribution in [0.3, 0.4) is 0 Å². The summed E-state index contributed by atoms with van der Waals surface area (Å²) < 4.78 is 67.1. The molecular weight excluding hydrogens is 761 g/mol. The summed E-state index contributed by atoms with van der Waals surface area (Å²) in [5, 5.41) is 22.6. The zero-order chi connectivity index (χ0) is 39.3. The van der Waals surface area contributed by atoms with E-state index in [1.54, 1.807) is 12.1 Å². The van der Waals surface area contributed by atoms with E-state index in [-0.39, 0.29) is 33.7 Å². The number of benzene rings is 3. The highest BCUT2D eigenvalue weighted by molar-refractivity contribution is 7.90. The molecule has 0 saturated heterocycles. The summed E-state index contributed by atoms with van der Waals surface area (Å²) in [5.41, 5.74) is 0.535. The fourth-order valence-electron chi connectivity index (χ4n) is 4.82. The van der Waals surface area contributed by atoms with Crippen LogP contribution in [-0.2, 0) is 29.8 Å². The van der Waals surface area contributed by atoms with Gasteiger partial charge in [0.1, 0.15) is 6.04 Å². The van der Waals surface area contributed by atoms with Crippen LogP contribution in [0.5, 0.6) is 6.01 Å². The molecule has 6 N–H and O–H groups in total. The van der Waals surface area contributed by atoms with E-state index >= 15 is 0 Å². The summed E-state index contributed by atoms with van der Waals surface area (Å²) >= 11 is 6.01. The number of rotatable bonds is 14. The number of sulfone groups is 1. The number of hydrogen-bond donors (Lipinski definition) is 6. The molecule has 16 nitrogen and oxygen atoms in total. The number of carbonyl (C=O) groups excluding carboxylic acids is 3. The minimum absolute atomic E-state index is 0.00253. The Hall–Kier alpha value is -6.02. The highest BCUT2D eigenvalue weighted by atomic mass is 35.5. The average Bonchev–Trinajstić information content (AvgIpc) is 3.89. The zero-order valence-corrected chi connectivity index (χ0v) is 29.5. The Bertz CT molecular complexity index is 2170. The van der Waals surface area contributed by atoms with Crippen LogP contribution in [0.15, 0.2) is 77.7 Å². The van der Waals surface area contributed by atoms with Crippen molar-refractivity contribution in [1.82, 2.24) is 25.6 Å². The summed E-state index contributed by atoms with van der Waals surface area (Å²) in [6.45, 7) is -2.35. The van der Waals surface area contributed by atoms with Crippen molar-refractivity contribution in [3.8, 4) is 6.01 Å². The quantitative estimate of drug-likeness (QED) is 0.100. The van der Waals surface area contributed by atoms with E-state index in [1.165, 1.54) is 42.5 Å². The number of carboxylic acid groups (broad SMARTS) is 1. The minimum Gasteiger partial charge on any atom is -0.480 e. The van der Waals surface area contributed by atoms with Gasteiger partial charge in [-0.25, -0.2) is 13.2 Å². The van der Waals surface area contributed by atoms with Crippen molar-refractivity contribution in [3.05, 3.63) is 88.9 Å². The smallest absolute Gasteiger partial charge is 0.422 e. The van der Waals surface area contributed by atoms with E-state index in [9.17, 15) is 45.9 Å². The predicted octanol–water partition coefficient (Wildman–Crippen LogP) is 3.65. The normalized spacial score (nSPS) is 13.9. The van der Waals surface area contributed by atoms with Crippen LogP contribution >= 0.6 is 11.6 Å². The van der Waals surface area contributed by atoms with Gasteiger partial charge in [0.15, 0.2) is 16.4 Å². The molecule has 0 bridgehead atoms. The number of ether oxygens (including phenoxy) is 1. The predicted molar refractivity (Wildman–Crippen MR) is 187 cm³/mol. The first-order valence-electron chi connectivity index (χ1n) is 15.7. The Balaban J connectivity index is 1.21. The van der Waals surface area contributed by atoms with Crippen molar-refractivity contribution >= 4 is 68.4 Å². The van der Waals surface area contributed by atoms with Crippen LogP contribution in [0.25, 0.3) is 0 Å². The summed E-state index contributed by atoms with van der Waals surface area (Å²) in [6.07, 6.45) is -2.34. The lowest BCUT2D eigenvalue weighted by atomic mass is 10.1. The summed E-state index contributed by atoms with van der Waals surface area (Å²) in [7, 11) is -3.60. The fraction of sp³-hybridized carbons (Fsp3) is 0.242. The van der Waals surface area contributed by atoms with Gasteiger partial charge in [0, 0.05) is 34.8 Å². The van der Waals surface area contributed by atoms with E-state index in [4.69, 9.17) is 16.3 Å². The van der Waals surface area contributed by atoms with E-state index in [0.717, 1.165) is 17.9 Å². The summed E-state index contributed by atoms with van der Waals surface area (Å²) in [4.78, 5) is 61.5. The molecule has 3 amide bonds. The maximum atomic E-state index is 12.9. The van der Waals surface area contributed by atoms with Crippen molar-refractivity contribution in [2.45, 2.75) is 35.5 Å². The lowest BCUT2D eigenvalue weighted by Gasteiger charge is -2.19. The maximum Gasteiger partial charge on any atom is 0.422 e. The lowest BCUT2D eigenvalue weighted by molar-refractivity contribution is -0.154. The van der Waals surface area contributed by atoms with Crippen molar-refractivity contribution < 1.29 is 50.6 Å². The molecule has 1 fully saturated rings. The second-order valence-corrected chi connectivity index (χ2v) is 14.4. The molecule has 1 aliphatic carbocycles. The number of nitrogens with zero attached hydrogens (tertiary/aromatic N) is 3. The van der Waals surface area contributed by atoms with Crippen molar-refractivity contribution in [3.63, 3.8) is 0 Å². The molecule has 3 aromatic carbocycles. The molecule has 54 heavy (non-hydrogen) atoms. The van der Waals surface area contributed by atoms with Gasteiger partial charge in [0.25, 0.3) is 5.91 Å². The van der Waals surface area contributed by atoms with Crippen LogP contribution in [-0.4, -0.2) is 83.8 Å². The molecule has 0 aliphatic heterocycles. The number of halogens is 4. The SMILES string of the molecule is CS(=O)(=O)c1cccc(NC(=O)C(=O)NC[C@H](NC(=O)c2ccc(Nc3nc(NC4(c5ccc(Cl)cc5)CC4)nc(OCC(F)(F)F)n3)cc2)C(=O)O)c1. The monoisotopic (exact) mass is 790 g/mol. The molecule has 1 aliphatic rings. The Morgan fingerprint density at radius 2 is 1.59 bits per heavy atom. The molecule has 21 heteroatoms. The Labute approximate surface area is 309 Å². The third kappa shape index (κ3) is 10.8. The molecule has 0 unspecified atom stereocenters. The average molecular weight is 791 g/mol. The van der Waals surface area contributed by atoms with Gasteiger partial charge in [-0.1, -0.05) is 29.8 Å². The number of aromatic nitrogens is 3. The molecule has 0 spiro atoms. The molecular formula is C33H30ClF3N8O8S. The molecule has 0 radical (unpaired) electrons. The second kappa shape index (κ2) is 15.9. The third-order valence-electron chi connectivity index (χ3n) is 7.68. The zero-order valence-electron chi connectivity index (χ0n) is 27.9. The van der Waals surface area contributed by atoms with Crippen LogP contribution in [0.1, 0.15) is 28.8 Å². The van der Waals surface area contributed by atoms with Gasteiger partial charge in [-0.3, -0.25) is 14.4 Å². The van der Waals surface area contributed by atoms with Gasteiger partial charge in [-0.05, 0) is 73.0 Å². The van der Waals surface area contributed by atoms with Gasteiger partial charge >= 0.3 is 30.0 Å². The number of carboxylic acids is 1. The number of nitrogens with one attached hydrogen (secondary N) is 5. The maximum absolute atomic E-state index is 12.9. The Morgan fingerprint density at radius 1 is 0.926 bits per heavy atom. The van der Waals surface area contributed by atoms with Gasteiger partial charge < -0.3 is 36.4 Å². The van der Waals surface area contributed by atoms with Gasteiger partial charge in [0.2, 0.25) is 11.9 Å². The molecule has 5 rings (SSSR count). The first-order chi connectivity index (χ1) is 25.4. The van der Waals surface area contributed by atoms with E-state index in [1.807, 2.05) is 12.1 Å². The van der Waals surface area contributed by atoms with E-state index in [2.05, 4.69) is 41.5 Å². The standard InChI is InChI=1S/C33H30ClF3N8O8S/c1-54(51,52)23-4-2-3-22(15-23)39-27(48)26(47)38-16-24(28(49)50)41-25(46)18-5-11-21(12-6-18)40-29-42-30(44-31(43-29)53-17-33(35,36)37)45-32(13-14-32)19-7-9-20(34)10-8-19/h2-12,15,24H,13-14,16-17H2,1H3,(H,38,47)(H,39,48)(H,41,46)(H,49,50)(H2,40,42,43,44,45)/t24-/m0/s1. The van der Waals surface area contributed by atoms with Crippen LogP contribution in [0.2, 0.25) is 5.02 Å². The Morgan fingerprint density at radius 3 is 2.20 bits per heavy atom.